The van der Waals surface area contributed by atoms with E-state index >= 15 is 0 Å². The summed E-state index contributed by atoms with van der Waals surface area (Å²) >= 11 is 0. The smallest absolute Gasteiger partial charge is 0.167 e. The highest BCUT2D eigenvalue weighted by Crippen LogP contribution is 2.32. The van der Waals surface area contributed by atoms with Gasteiger partial charge in [-0.3, -0.25) is 0 Å². The average Bonchev–Trinajstić information content (AvgIpc) is 2.67. The molecule has 0 nitrogen and oxygen atoms in total. The predicted molar refractivity (Wildman–Crippen MR) is 105 cm³/mol. The molecule has 0 radical (unpaired) electrons. The maximum atomic E-state index is 14.7. The minimum atomic E-state index is -0.951. The Kier molecular flexibility index (Phi) is 6.00. The second kappa shape index (κ2) is 8.43. The Morgan fingerprint density at radius 2 is 1.19 bits per heavy atom. The summed E-state index contributed by atoms with van der Waals surface area (Å²) in [4.78, 5) is 0. The van der Waals surface area contributed by atoms with E-state index in [9.17, 15) is 13.2 Å². The topological polar surface area (TPSA) is 0 Å². The van der Waals surface area contributed by atoms with Crippen molar-refractivity contribution in [1.29, 1.82) is 0 Å². The molecular formula is C24H23F3. The molecule has 0 fully saturated rings. The summed E-state index contributed by atoms with van der Waals surface area (Å²) in [6.07, 6.45) is 3.43. The Labute approximate surface area is 158 Å². The summed E-state index contributed by atoms with van der Waals surface area (Å²) in [5.41, 5.74) is 3.01. The van der Waals surface area contributed by atoms with Gasteiger partial charge in [-0.05, 0) is 41.2 Å². The number of rotatable bonds is 6. The molecule has 0 aliphatic heterocycles. The van der Waals surface area contributed by atoms with E-state index in [1.165, 1.54) is 17.7 Å². The van der Waals surface area contributed by atoms with Crippen molar-refractivity contribution >= 4 is 0 Å². The van der Waals surface area contributed by atoms with Crippen LogP contribution in [0, 0.1) is 17.5 Å². The fourth-order valence-electron chi connectivity index (χ4n) is 3.32. The molecule has 3 aromatic rings. The van der Waals surface area contributed by atoms with Crippen molar-refractivity contribution in [3.63, 3.8) is 0 Å². The maximum absolute atomic E-state index is 14.7. The van der Waals surface area contributed by atoms with E-state index in [2.05, 4.69) is 6.92 Å². The van der Waals surface area contributed by atoms with Gasteiger partial charge in [-0.25, -0.2) is 13.2 Å². The normalized spacial score (nSPS) is 11.0. The average molecular weight is 368 g/mol. The van der Waals surface area contributed by atoms with Gasteiger partial charge in [-0.2, -0.15) is 0 Å². The lowest BCUT2D eigenvalue weighted by molar-refractivity contribution is 0.513. The van der Waals surface area contributed by atoms with E-state index in [-0.39, 0.29) is 16.9 Å². The van der Waals surface area contributed by atoms with E-state index in [1.54, 1.807) is 18.2 Å². The predicted octanol–water partition coefficient (Wildman–Crippen LogP) is 7.34. The standard InChI is InChI=1S/C24H23F3/c1-3-5-16-7-9-17(10-8-16)20-13-14-21(24(27)23(20)26)19-12-11-18(6-4-2)22(25)15-19/h7-15H,3-6H2,1-2H3. The van der Waals surface area contributed by atoms with Crippen molar-refractivity contribution in [2.45, 2.75) is 39.5 Å². The zero-order chi connectivity index (χ0) is 19.4. The first-order valence-corrected chi connectivity index (χ1v) is 9.41. The van der Waals surface area contributed by atoms with Gasteiger partial charge in [0.25, 0.3) is 0 Å². The molecule has 0 atom stereocenters. The zero-order valence-electron chi connectivity index (χ0n) is 15.7. The highest BCUT2D eigenvalue weighted by molar-refractivity contribution is 5.72. The molecule has 0 aliphatic carbocycles. The first kappa shape index (κ1) is 19.2. The lowest BCUT2D eigenvalue weighted by atomic mass is 9.96. The van der Waals surface area contributed by atoms with Crippen LogP contribution in [0.15, 0.2) is 54.6 Å². The third kappa shape index (κ3) is 4.08. The Morgan fingerprint density at radius 1 is 0.630 bits per heavy atom. The van der Waals surface area contributed by atoms with Gasteiger partial charge >= 0.3 is 0 Å². The molecule has 3 rings (SSSR count). The summed E-state index contributed by atoms with van der Waals surface area (Å²) < 4.78 is 43.6. The molecule has 0 unspecified atom stereocenters. The van der Waals surface area contributed by atoms with Gasteiger partial charge in [0.1, 0.15) is 5.82 Å². The van der Waals surface area contributed by atoms with Gasteiger partial charge in [-0.15, -0.1) is 0 Å². The number of halogens is 3. The first-order chi connectivity index (χ1) is 13.0. The maximum Gasteiger partial charge on any atom is 0.167 e. The molecular weight excluding hydrogens is 345 g/mol. The van der Waals surface area contributed by atoms with Gasteiger partial charge in [0, 0.05) is 11.1 Å². The molecule has 0 aliphatic rings. The Balaban J connectivity index is 1.96. The van der Waals surface area contributed by atoms with Crippen molar-refractivity contribution in [3.05, 3.63) is 83.2 Å². The van der Waals surface area contributed by atoms with Gasteiger partial charge in [-0.1, -0.05) is 75.2 Å². The molecule has 140 valence electrons. The molecule has 27 heavy (non-hydrogen) atoms. The van der Waals surface area contributed by atoms with Crippen LogP contribution in [0.25, 0.3) is 22.3 Å². The highest BCUT2D eigenvalue weighted by atomic mass is 19.2. The van der Waals surface area contributed by atoms with E-state index in [0.29, 0.717) is 23.1 Å². The van der Waals surface area contributed by atoms with Gasteiger partial charge < -0.3 is 0 Å². The Hall–Kier alpha value is -2.55. The molecule has 0 saturated carbocycles. The number of aryl methyl sites for hydroxylation is 2. The Bertz CT molecular complexity index is 927. The van der Waals surface area contributed by atoms with Crippen molar-refractivity contribution in [1.82, 2.24) is 0 Å². The molecule has 0 aromatic heterocycles. The molecule has 0 bridgehead atoms. The third-order valence-electron chi connectivity index (χ3n) is 4.77. The lowest BCUT2D eigenvalue weighted by Gasteiger charge is -2.11. The fraction of sp³-hybridized carbons (Fsp3) is 0.250. The number of hydrogen-bond acceptors (Lipinski definition) is 0. The molecule has 3 heteroatoms. The van der Waals surface area contributed by atoms with E-state index in [1.807, 2.05) is 31.2 Å². The van der Waals surface area contributed by atoms with Crippen molar-refractivity contribution in [2.24, 2.45) is 0 Å². The molecule has 0 spiro atoms. The second-order valence-electron chi connectivity index (χ2n) is 6.79. The summed E-state index contributed by atoms with van der Waals surface area (Å²) in [5, 5.41) is 0. The van der Waals surface area contributed by atoms with Crippen LogP contribution in [0.5, 0.6) is 0 Å². The van der Waals surface area contributed by atoms with Crippen LogP contribution in [-0.4, -0.2) is 0 Å². The van der Waals surface area contributed by atoms with Crippen LogP contribution in [-0.2, 0) is 12.8 Å². The van der Waals surface area contributed by atoms with E-state index in [0.717, 1.165) is 19.3 Å². The highest BCUT2D eigenvalue weighted by Gasteiger charge is 2.17. The minimum absolute atomic E-state index is 0.0702. The largest absolute Gasteiger partial charge is 0.207 e. The monoisotopic (exact) mass is 368 g/mol. The fourth-order valence-corrected chi connectivity index (χ4v) is 3.32. The number of hydrogen-bond donors (Lipinski definition) is 0. The van der Waals surface area contributed by atoms with Crippen molar-refractivity contribution < 1.29 is 13.2 Å². The zero-order valence-corrected chi connectivity index (χ0v) is 15.7. The molecule has 0 saturated heterocycles. The summed E-state index contributed by atoms with van der Waals surface area (Å²) in [7, 11) is 0. The quantitative estimate of drug-likeness (QED) is 0.427. The van der Waals surface area contributed by atoms with Gasteiger partial charge in [0.05, 0.1) is 0 Å². The molecule has 3 aromatic carbocycles. The summed E-state index contributed by atoms with van der Waals surface area (Å²) in [6.45, 7) is 4.06. The first-order valence-electron chi connectivity index (χ1n) is 9.41. The van der Waals surface area contributed by atoms with Gasteiger partial charge in [0.15, 0.2) is 11.6 Å². The van der Waals surface area contributed by atoms with Crippen molar-refractivity contribution in [3.8, 4) is 22.3 Å². The molecule has 0 amide bonds. The summed E-state index contributed by atoms with van der Waals surface area (Å²) in [5.74, 6) is -2.24. The third-order valence-corrected chi connectivity index (χ3v) is 4.77. The lowest BCUT2D eigenvalue weighted by Crippen LogP contribution is -1.96. The van der Waals surface area contributed by atoms with Crippen LogP contribution in [0.2, 0.25) is 0 Å². The van der Waals surface area contributed by atoms with Crippen LogP contribution < -0.4 is 0 Å². The van der Waals surface area contributed by atoms with E-state index < -0.39 is 11.6 Å². The Morgan fingerprint density at radius 3 is 1.74 bits per heavy atom. The van der Waals surface area contributed by atoms with Crippen LogP contribution in [0.1, 0.15) is 37.8 Å². The van der Waals surface area contributed by atoms with Crippen LogP contribution >= 0.6 is 0 Å². The SMILES string of the molecule is CCCc1ccc(-c2ccc(-c3ccc(CCC)c(F)c3)c(F)c2F)cc1. The summed E-state index contributed by atoms with van der Waals surface area (Å²) in [6, 6.07) is 15.1. The number of benzene rings is 3. The van der Waals surface area contributed by atoms with Crippen LogP contribution in [0.4, 0.5) is 13.2 Å². The van der Waals surface area contributed by atoms with E-state index in [4.69, 9.17) is 0 Å². The molecule has 0 N–H and O–H groups in total. The second-order valence-corrected chi connectivity index (χ2v) is 6.79. The molecule has 0 heterocycles. The van der Waals surface area contributed by atoms with Crippen molar-refractivity contribution in [2.75, 3.05) is 0 Å². The minimum Gasteiger partial charge on any atom is -0.207 e. The van der Waals surface area contributed by atoms with Gasteiger partial charge in [0.2, 0.25) is 0 Å². The van der Waals surface area contributed by atoms with Crippen LogP contribution in [0.3, 0.4) is 0 Å².